The van der Waals surface area contributed by atoms with Crippen molar-refractivity contribution in [2.24, 2.45) is 0 Å². The van der Waals surface area contributed by atoms with E-state index < -0.39 is 0 Å². The lowest BCUT2D eigenvalue weighted by Gasteiger charge is -1.95. The molecule has 0 atom stereocenters. The lowest BCUT2D eigenvalue weighted by atomic mass is 10.1. The van der Waals surface area contributed by atoms with Gasteiger partial charge in [0.25, 0.3) is 0 Å². The maximum absolute atomic E-state index is 2.17. The van der Waals surface area contributed by atoms with E-state index in [2.05, 4.69) is 48.6 Å². The van der Waals surface area contributed by atoms with Crippen molar-refractivity contribution in [1.82, 2.24) is 0 Å². The first-order valence-corrected chi connectivity index (χ1v) is 5.40. The number of fused-ring (bicyclic) bond motifs is 2. The van der Waals surface area contributed by atoms with Crippen LogP contribution in [0.3, 0.4) is 0 Å². The number of hydrogen-bond acceptors (Lipinski definition) is 0. The lowest BCUT2D eigenvalue weighted by molar-refractivity contribution is 1.62. The highest BCUT2D eigenvalue weighted by atomic mass is 13.9. The third kappa shape index (κ3) is 3.25. The smallest absolute Gasteiger partial charge is 0.0251 e. The Kier molecular flexibility index (Phi) is 3.73. The van der Waals surface area contributed by atoms with Gasteiger partial charge >= 0.3 is 0 Å². The summed E-state index contributed by atoms with van der Waals surface area (Å²) in [5.74, 6) is 0. The molecule has 0 heterocycles. The first-order valence-electron chi connectivity index (χ1n) is 5.40. The van der Waals surface area contributed by atoms with E-state index in [-0.39, 0.29) is 0 Å². The Labute approximate surface area is 96.6 Å². The van der Waals surface area contributed by atoms with Crippen LogP contribution in [0.25, 0.3) is 12.2 Å². The summed E-state index contributed by atoms with van der Waals surface area (Å²) < 4.78 is 0. The highest BCUT2D eigenvalue weighted by Crippen LogP contribution is 2.09. The van der Waals surface area contributed by atoms with Gasteiger partial charge in [-0.1, -0.05) is 79.0 Å². The molecule has 78 valence electrons. The summed E-state index contributed by atoms with van der Waals surface area (Å²) in [4.78, 5) is 0. The minimum absolute atomic E-state index is 1.22. The van der Waals surface area contributed by atoms with Gasteiger partial charge in [-0.2, -0.15) is 0 Å². The second-order valence-electron chi connectivity index (χ2n) is 3.54. The third-order valence-electron chi connectivity index (χ3n) is 2.27. The topological polar surface area (TPSA) is 0 Å². The van der Waals surface area contributed by atoms with Crippen LogP contribution in [0.4, 0.5) is 0 Å². The van der Waals surface area contributed by atoms with Crippen molar-refractivity contribution < 1.29 is 0 Å². The fraction of sp³-hybridized carbons (Fsp3) is 0. The summed E-state index contributed by atoms with van der Waals surface area (Å²) in [6.07, 6.45) is 20.4. The van der Waals surface area contributed by atoms with Crippen LogP contribution >= 0.6 is 0 Å². The first kappa shape index (κ1) is 10.4. The van der Waals surface area contributed by atoms with Gasteiger partial charge < -0.3 is 0 Å². The zero-order valence-electron chi connectivity index (χ0n) is 9.08. The molecule has 0 radical (unpaired) electrons. The van der Waals surface area contributed by atoms with Crippen LogP contribution in [0.15, 0.2) is 72.9 Å². The molecule has 0 nitrogen and oxygen atoms in total. The van der Waals surface area contributed by atoms with Crippen LogP contribution in [0, 0.1) is 0 Å². The monoisotopic (exact) mass is 206 g/mol. The highest BCUT2D eigenvalue weighted by molar-refractivity contribution is 5.59. The van der Waals surface area contributed by atoms with Crippen molar-refractivity contribution in [3.63, 3.8) is 0 Å². The molecular formula is C16H14. The van der Waals surface area contributed by atoms with Crippen LogP contribution in [0.1, 0.15) is 11.1 Å². The van der Waals surface area contributed by atoms with Crippen molar-refractivity contribution in [3.8, 4) is 0 Å². The van der Waals surface area contributed by atoms with Crippen molar-refractivity contribution in [2.75, 3.05) is 0 Å². The summed E-state index contributed by atoms with van der Waals surface area (Å²) in [6.45, 7) is 0. The van der Waals surface area contributed by atoms with Crippen LogP contribution in [0.2, 0.25) is 0 Å². The zero-order chi connectivity index (χ0) is 11.1. The van der Waals surface area contributed by atoms with E-state index in [0.717, 1.165) is 0 Å². The quantitative estimate of drug-likeness (QED) is 0.590. The average Bonchev–Trinajstić information content (AvgIpc) is 2.32. The normalized spacial score (nSPS) is 24.2. The molecule has 0 heteroatoms. The Morgan fingerprint density at radius 1 is 0.500 bits per heavy atom. The number of hydrogen-bond donors (Lipinski definition) is 0. The molecule has 2 rings (SSSR count). The minimum atomic E-state index is 1.22. The van der Waals surface area contributed by atoms with E-state index in [9.17, 15) is 0 Å². The van der Waals surface area contributed by atoms with Crippen LogP contribution in [-0.4, -0.2) is 0 Å². The van der Waals surface area contributed by atoms with Gasteiger partial charge in [0.2, 0.25) is 0 Å². The van der Waals surface area contributed by atoms with Crippen LogP contribution in [-0.2, 0) is 0 Å². The van der Waals surface area contributed by atoms with Crippen molar-refractivity contribution in [1.29, 1.82) is 0 Å². The molecule has 0 aromatic heterocycles. The van der Waals surface area contributed by atoms with Gasteiger partial charge in [0.05, 0.1) is 0 Å². The Morgan fingerprint density at radius 2 is 0.938 bits per heavy atom. The Bertz CT molecular complexity index is 441. The molecule has 0 amide bonds. The molecule has 0 unspecified atom stereocenters. The molecule has 0 N–H and O–H groups in total. The average molecular weight is 206 g/mol. The van der Waals surface area contributed by atoms with E-state index in [1.807, 2.05) is 36.5 Å². The molecule has 0 fully saturated rings. The summed E-state index contributed by atoms with van der Waals surface area (Å²) in [5, 5.41) is 0. The summed E-state index contributed by atoms with van der Waals surface area (Å²) in [6, 6.07) is 8.45. The molecular weight excluding hydrogens is 192 g/mol. The standard InChI is InChI=1S/C16H14/c1-2-4-6-8-11-16-13-9-12-15(14-16)10-7-5-3-1/h1-14H/b2-1-,5-3-,6-4-,10-7-,11-8-. The number of rotatable bonds is 0. The molecule has 16 heavy (non-hydrogen) atoms. The molecule has 0 aliphatic heterocycles. The van der Waals surface area contributed by atoms with Crippen molar-refractivity contribution >= 4 is 12.2 Å². The summed E-state index contributed by atoms with van der Waals surface area (Å²) in [5.41, 5.74) is 2.44. The molecule has 0 saturated carbocycles. The first-order chi connectivity index (χ1) is 7.95. The third-order valence-corrected chi connectivity index (χ3v) is 2.27. The molecule has 2 bridgehead atoms. The SMILES string of the molecule is C1=C\C=C/C=C\c2cccc(c2)/C=C\C=C/1. The van der Waals surface area contributed by atoms with E-state index >= 15 is 0 Å². The predicted octanol–water partition coefficient (Wildman–Crippen LogP) is 4.40. The Balaban J connectivity index is 2.36. The summed E-state index contributed by atoms with van der Waals surface area (Å²) >= 11 is 0. The van der Waals surface area contributed by atoms with Crippen LogP contribution < -0.4 is 0 Å². The lowest BCUT2D eigenvalue weighted by Crippen LogP contribution is -1.74. The Hall–Kier alpha value is -2.08. The van der Waals surface area contributed by atoms with E-state index in [1.165, 1.54) is 11.1 Å². The molecule has 0 spiro atoms. The van der Waals surface area contributed by atoms with E-state index in [4.69, 9.17) is 0 Å². The zero-order valence-corrected chi connectivity index (χ0v) is 9.08. The molecule has 0 saturated heterocycles. The van der Waals surface area contributed by atoms with E-state index in [0.29, 0.717) is 0 Å². The van der Waals surface area contributed by atoms with Gasteiger partial charge in [0.1, 0.15) is 0 Å². The van der Waals surface area contributed by atoms with Gasteiger partial charge in [-0.15, -0.1) is 0 Å². The Morgan fingerprint density at radius 3 is 1.44 bits per heavy atom. The van der Waals surface area contributed by atoms with Gasteiger partial charge in [-0.05, 0) is 17.2 Å². The predicted molar refractivity (Wildman–Crippen MR) is 71.9 cm³/mol. The minimum Gasteiger partial charge on any atom is -0.0623 e. The molecule has 1 aromatic rings. The highest BCUT2D eigenvalue weighted by Gasteiger charge is 1.88. The molecule has 1 aliphatic carbocycles. The largest absolute Gasteiger partial charge is 0.0623 e. The van der Waals surface area contributed by atoms with Gasteiger partial charge in [0.15, 0.2) is 0 Å². The fourth-order valence-corrected chi connectivity index (χ4v) is 1.48. The molecule has 1 aromatic carbocycles. The van der Waals surface area contributed by atoms with Crippen molar-refractivity contribution in [3.05, 3.63) is 84.0 Å². The second kappa shape index (κ2) is 5.72. The van der Waals surface area contributed by atoms with Gasteiger partial charge in [-0.25, -0.2) is 0 Å². The maximum atomic E-state index is 2.17. The van der Waals surface area contributed by atoms with E-state index in [1.54, 1.807) is 0 Å². The second-order valence-corrected chi connectivity index (χ2v) is 3.54. The fourth-order valence-electron chi connectivity index (χ4n) is 1.48. The van der Waals surface area contributed by atoms with Gasteiger partial charge in [-0.3, -0.25) is 0 Å². The van der Waals surface area contributed by atoms with Gasteiger partial charge in [0, 0.05) is 0 Å². The molecule has 1 aliphatic rings. The van der Waals surface area contributed by atoms with Crippen LogP contribution in [0.5, 0.6) is 0 Å². The number of allylic oxidation sites excluding steroid dienone is 8. The maximum Gasteiger partial charge on any atom is -0.0251 e. The van der Waals surface area contributed by atoms with Crippen molar-refractivity contribution in [2.45, 2.75) is 0 Å². The summed E-state index contributed by atoms with van der Waals surface area (Å²) in [7, 11) is 0. The number of benzene rings is 1.